The van der Waals surface area contributed by atoms with Crippen molar-refractivity contribution in [3.63, 3.8) is 0 Å². The van der Waals surface area contributed by atoms with Crippen molar-refractivity contribution in [3.05, 3.63) is 105 Å². The van der Waals surface area contributed by atoms with Gasteiger partial charge in [-0.05, 0) is 80.0 Å². The van der Waals surface area contributed by atoms with Gasteiger partial charge in [0.2, 0.25) is 0 Å². The van der Waals surface area contributed by atoms with Crippen LogP contribution in [0.15, 0.2) is 54.6 Å². The molecule has 0 radical (unpaired) electrons. The molecule has 0 N–H and O–H groups in total. The van der Waals surface area contributed by atoms with Crippen molar-refractivity contribution >= 4 is 11.6 Å². The standard InChI is InChI=1S/C27H26O2/c1-16-17(2)19(4)24(20(5)18(16)3)27(15-21-11-7-6-8-12-21)25(28)22-13-9-10-14-23(22)26(27)29/h6-14H,15H2,1-5H3. The van der Waals surface area contributed by atoms with E-state index >= 15 is 0 Å². The first-order valence-corrected chi connectivity index (χ1v) is 10.1. The summed E-state index contributed by atoms with van der Waals surface area (Å²) in [7, 11) is 0. The summed E-state index contributed by atoms with van der Waals surface area (Å²) in [6, 6.07) is 17.2. The van der Waals surface area contributed by atoms with Crippen LogP contribution in [0.2, 0.25) is 0 Å². The quantitative estimate of drug-likeness (QED) is 0.537. The van der Waals surface area contributed by atoms with Gasteiger partial charge in [-0.15, -0.1) is 0 Å². The molecular formula is C27H26O2. The molecule has 2 nitrogen and oxygen atoms in total. The minimum atomic E-state index is -1.21. The minimum Gasteiger partial charge on any atom is -0.293 e. The molecule has 0 heterocycles. The van der Waals surface area contributed by atoms with Gasteiger partial charge < -0.3 is 0 Å². The zero-order valence-electron chi connectivity index (χ0n) is 17.7. The van der Waals surface area contributed by atoms with Crippen LogP contribution < -0.4 is 0 Å². The highest BCUT2D eigenvalue weighted by molar-refractivity contribution is 6.33. The van der Waals surface area contributed by atoms with Gasteiger partial charge in [0.15, 0.2) is 11.6 Å². The van der Waals surface area contributed by atoms with Gasteiger partial charge in [0.25, 0.3) is 0 Å². The second kappa shape index (κ2) is 6.81. The molecule has 0 saturated carbocycles. The lowest BCUT2D eigenvalue weighted by atomic mass is 9.67. The minimum absolute atomic E-state index is 0.0733. The third-order valence-corrected chi connectivity index (χ3v) is 6.93. The number of ketones is 2. The molecule has 0 atom stereocenters. The number of fused-ring (bicyclic) bond motifs is 1. The Morgan fingerprint density at radius 2 is 1.00 bits per heavy atom. The average Bonchev–Trinajstić information content (AvgIpc) is 2.94. The van der Waals surface area contributed by atoms with Crippen LogP contribution in [-0.4, -0.2) is 11.6 Å². The van der Waals surface area contributed by atoms with E-state index in [4.69, 9.17) is 0 Å². The summed E-state index contributed by atoms with van der Waals surface area (Å²) in [5.41, 5.74) is 7.43. The van der Waals surface area contributed by atoms with Crippen LogP contribution >= 0.6 is 0 Å². The highest BCUT2D eigenvalue weighted by Gasteiger charge is 2.55. The van der Waals surface area contributed by atoms with Crippen LogP contribution in [0.25, 0.3) is 0 Å². The van der Waals surface area contributed by atoms with Gasteiger partial charge in [-0.1, -0.05) is 54.6 Å². The van der Waals surface area contributed by atoms with Crippen LogP contribution in [0.5, 0.6) is 0 Å². The van der Waals surface area contributed by atoms with Gasteiger partial charge in [0.1, 0.15) is 5.41 Å². The van der Waals surface area contributed by atoms with E-state index in [1.165, 1.54) is 5.56 Å². The Morgan fingerprint density at radius 1 is 0.586 bits per heavy atom. The summed E-state index contributed by atoms with van der Waals surface area (Å²) in [6.07, 6.45) is 0.379. The Hall–Kier alpha value is -3.00. The summed E-state index contributed by atoms with van der Waals surface area (Å²) in [5, 5.41) is 0. The van der Waals surface area contributed by atoms with E-state index in [9.17, 15) is 9.59 Å². The van der Waals surface area contributed by atoms with E-state index in [0.29, 0.717) is 17.5 Å². The molecule has 2 heteroatoms. The molecule has 0 fully saturated rings. The topological polar surface area (TPSA) is 34.1 Å². The number of benzene rings is 3. The van der Waals surface area contributed by atoms with Crippen molar-refractivity contribution in [2.45, 2.75) is 46.5 Å². The van der Waals surface area contributed by atoms with Gasteiger partial charge in [-0.25, -0.2) is 0 Å². The maximum atomic E-state index is 13.9. The Bertz CT molecular complexity index is 1090. The maximum absolute atomic E-state index is 13.9. The fourth-order valence-electron chi connectivity index (χ4n) is 4.96. The number of rotatable bonds is 3. The van der Waals surface area contributed by atoms with Crippen molar-refractivity contribution < 1.29 is 9.59 Å². The molecule has 0 bridgehead atoms. The molecule has 1 aliphatic carbocycles. The van der Waals surface area contributed by atoms with Crippen molar-refractivity contribution in [3.8, 4) is 0 Å². The van der Waals surface area contributed by atoms with Gasteiger partial charge in [-0.3, -0.25) is 9.59 Å². The fourth-order valence-corrected chi connectivity index (χ4v) is 4.96. The molecule has 0 amide bonds. The molecule has 3 aromatic carbocycles. The zero-order valence-corrected chi connectivity index (χ0v) is 17.7. The number of carbonyl (C=O) groups excluding carboxylic acids is 2. The maximum Gasteiger partial charge on any atom is 0.182 e. The second-order valence-corrected chi connectivity index (χ2v) is 8.27. The van der Waals surface area contributed by atoms with E-state index in [1.54, 1.807) is 12.1 Å². The van der Waals surface area contributed by atoms with Crippen molar-refractivity contribution in [1.82, 2.24) is 0 Å². The molecule has 0 aliphatic heterocycles. The lowest BCUT2D eigenvalue weighted by Gasteiger charge is -2.32. The third-order valence-electron chi connectivity index (χ3n) is 6.93. The third kappa shape index (κ3) is 2.62. The van der Waals surface area contributed by atoms with Crippen LogP contribution in [0.4, 0.5) is 0 Å². The molecule has 3 aromatic rings. The van der Waals surface area contributed by atoms with Gasteiger partial charge >= 0.3 is 0 Å². The molecular weight excluding hydrogens is 356 g/mol. The Balaban J connectivity index is 2.08. The van der Waals surface area contributed by atoms with Crippen LogP contribution in [0.3, 0.4) is 0 Å². The van der Waals surface area contributed by atoms with Crippen molar-refractivity contribution in [1.29, 1.82) is 0 Å². The number of carbonyl (C=O) groups is 2. The Kier molecular flexibility index (Phi) is 4.53. The van der Waals surface area contributed by atoms with E-state index in [1.807, 2.05) is 42.5 Å². The Labute approximate surface area is 172 Å². The van der Waals surface area contributed by atoms with E-state index in [2.05, 4.69) is 34.6 Å². The molecule has 0 unspecified atom stereocenters. The highest BCUT2D eigenvalue weighted by Crippen LogP contribution is 2.46. The number of hydrogen-bond acceptors (Lipinski definition) is 2. The fraction of sp³-hybridized carbons (Fsp3) is 0.259. The van der Waals surface area contributed by atoms with Crippen molar-refractivity contribution in [2.75, 3.05) is 0 Å². The first-order chi connectivity index (χ1) is 13.8. The molecule has 0 saturated heterocycles. The smallest absolute Gasteiger partial charge is 0.182 e. The van der Waals surface area contributed by atoms with Gasteiger partial charge in [-0.2, -0.15) is 0 Å². The average molecular weight is 383 g/mol. The lowest BCUT2D eigenvalue weighted by Crippen LogP contribution is -2.42. The lowest BCUT2D eigenvalue weighted by molar-refractivity contribution is 0.0791. The normalized spacial score (nSPS) is 14.9. The predicted octanol–water partition coefficient (Wildman–Crippen LogP) is 5.79. The van der Waals surface area contributed by atoms with E-state index in [-0.39, 0.29) is 11.6 Å². The van der Waals surface area contributed by atoms with Crippen LogP contribution in [0, 0.1) is 34.6 Å². The molecule has 4 rings (SSSR count). The molecule has 0 spiro atoms. The molecule has 146 valence electrons. The highest BCUT2D eigenvalue weighted by atomic mass is 16.2. The van der Waals surface area contributed by atoms with Gasteiger partial charge in [0.05, 0.1) is 0 Å². The SMILES string of the molecule is Cc1c(C)c(C)c(C2(Cc3ccccc3)C(=O)c3ccccc3C2=O)c(C)c1C. The molecule has 1 aliphatic rings. The molecule has 29 heavy (non-hydrogen) atoms. The summed E-state index contributed by atoms with van der Waals surface area (Å²) >= 11 is 0. The van der Waals surface area contributed by atoms with Gasteiger partial charge in [0, 0.05) is 11.1 Å². The zero-order chi connectivity index (χ0) is 20.9. The second-order valence-electron chi connectivity index (χ2n) is 8.27. The summed E-state index contributed by atoms with van der Waals surface area (Å²) < 4.78 is 0. The summed E-state index contributed by atoms with van der Waals surface area (Å²) in [6.45, 7) is 10.4. The summed E-state index contributed by atoms with van der Waals surface area (Å²) in [4.78, 5) is 27.9. The molecule has 0 aromatic heterocycles. The predicted molar refractivity (Wildman–Crippen MR) is 117 cm³/mol. The first-order valence-electron chi connectivity index (χ1n) is 10.1. The first kappa shape index (κ1) is 19.3. The van der Waals surface area contributed by atoms with E-state index < -0.39 is 5.41 Å². The van der Waals surface area contributed by atoms with Crippen molar-refractivity contribution in [2.24, 2.45) is 0 Å². The summed E-state index contributed by atoms with van der Waals surface area (Å²) in [5.74, 6) is -0.147. The van der Waals surface area contributed by atoms with Crippen LogP contribution in [0.1, 0.15) is 59.7 Å². The number of Topliss-reactive ketones (excluding diaryl/α,β-unsaturated/α-hetero) is 2. The van der Waals surface area contributed by atoms with E-state index in [0.717, 1.165) is 33.4 Å². The largest absolute Gasteiger partial charge is 0.293 e. The van der Waals surface area contributed by atoms with Crippen LogP contribution in [-0.2, 0) is 11.8 Å². The number of hydrogen-bond donors (Lipinski definition) is 0. The monoisotopic (exact) mass is 382 g/mol. The Morgan fingerprint density at radius 3 is 1.48 bits per heavy atom.